The third kappa shape index (κ3) is 4.68. The molecule has 4 nitrogen and oxygen atoms in total. The Labute approximate surface area is 166 Å². The van der Waals surface area contributed by atoms with Crippen LogP contribution in [0, 0.1) is 0 Å². The zero-order valence-corrected chi connectivity index (χ0v) is 17.2. The van der Waals surface area contributed by atoms with Crippen LogP contribution < -0.4 is 10.1 Å². The number of nitrogens with zero attached hydrogens (tertiary/aromatic N) is 1. The number of anilines is 1. The molecule has 3 aromatic rings. The van der Waals surface area contributed by atoms with Crippen molar-refractivity contribution in [2.75, 3.05) is 12.4 Å². The summed E-state index contributed by atoms with van der Waals surface area (Å²) >= 11 is 8.35. The highest BCUT2D eigenvalue weighted by molar-refractivity contribution is 9.11. The largest absolute Gasteiger partial charge is 0.497 e. The van der Waals surface area contributed by atoms with Crippen LogP contribution in [0.3, 0.4) is 0 Å². The van der Waals surface area contributed by atoms with Crippen LogP contribution in [0.4, 0.5) is 5.69 Å². The summed E-state index contributed by atoms with van der Waals surface area (Å²) in [6, 6.07) is 13.3. The first kappa shape index (κ1) is 18.1. The van der Waals surface area contributed by atoms with Gasteiger partial charge in [0.15, 0.2) is 0 Å². The number of thiazole rings is 1. The van der Waals surface area contributed by atoms with E-state index in [0.29, 0.717) is 0 Å². The predicted octanol–water partition coefficient (Wildman–Crippen LogP) is 5.52. The summed E-state index contributed by atoms with van der Waals surface area (Å²) in [5.41, 5.74) is 2.49. The van der Waals surface area contributed by atoms with E-state index in [4.69, 9.17) is 4.74 Å². The molecule has 0 spiro atoms. The van der Waals surface area contributed by atoms with Crippen LogP contribution in [0.25, 0.3) is 10.6 Å². The molecule has 0 fully saturated rings. The summed E-state index contributed by atoms with van der Waals surface area (Å²) in [5, 5.41) is 5.69. The smallest absolute Gasteiger partial charge is 0.230 e. The summed E-state index contributed by atoms with van der Waals surface area (Å²) < 4.78 is 6.93. The summed E-state index contributed by atoms with van der Waals surface area (Å²) in [4.78, 5) is 16.8. The molecule has 7 heteroatoms. The van der Waals surface area contributed by atoms with Crippen molar-refractivity contribution in [2.45, 2.75) is 6.42 Å². The Balaban J connectivity index is 1.67. The zero-order chi connectivity index (χ0) is 17.8. The minimum atomic E-state index is -0.102. The molecule has 0 aliphatic rings. The molecule has 0 saturated heterocycles. The molecule has 0 aliphatic heterocycles. The molecule has 0 radical (unpaired) electrons. The number of ether oxygens (including phenoxy) is 1. The van der Waals surface area contributed by atoms with E-state index < -0.39 is 0 Å². The van der Waals surface area contributed by atoms with Gasteiger partial charge in [-0.15, -0.1) is 11.3 Å². The minimum Gasteiger partial charge on any atom is -0.497 e. The lowest BCUT2D eigenvalue weighted by Gasteiger charge is -2.06. The predicted molar refractivity (Wildman–Crippen MR) is 108 cm³/mol. The molecular formula is C18H14Br2N2O2S. The minimum absolute atomic E-state index is 0.102. The summed E-state index contributed by atoms with van der Waals surface area (Å²) in [5.74, 6) is 0.703. The van der Waals surface area contributed by atoms with Gasteiger partial charge >= 0.3 is 0 Å². The van der Waals surface area contributed by atoms with Crippen molar-refractivity contribution in [3.63, 3.8) is 0 Å². The van der Waals surface area contributed by atoms with Crippen molar-refractivity contribution < 1.29 is 9.53 Å². The molecule has 0 unspecified atom stereocenters. The molecule has 1 amide bonds. The molecule has 1 heterocycles. The van der Waals surface area contributed by atoms with Gasteiger partial charge in [-0.05, 0) is 58.4 Å². The summed E-state index contributed by atoms with van der Waals surface area (Å²) in [7, 11) is 1.64. The fraction of sp³-hybridized carbons (Fsp3) is 0.111. The van der Waals surface area contributed by atoms with Crippen molar-refractivity contribution in [1.29, 1.82) is 0 Å². The fourth-order valence-electron chi connectivity index (χ4n) is 2.20. The van der Waals surface area contributed by atoms with Gasteiger partial charge in [0.1, 0.15) is 10.8 Å². The van der Waals surface area contributed by atoms with Crippen LogP contribution in [0.5, 0.6) is 5.75 Å². The number of rotatable bonds is 5. The SMILES string of the molecule is COc1ccc(-c2nc(CC(=O)Nc3ccc(Br)cc3Br)cs2)cc1. The van der Waals surface area contributed by atoms with Crippen LogP contribution in [0.2, 0.25) is 0 Å². The molecule has 128 valence electrons. The lowest BCUT2D eigenvalue weighted by molar-refractivity contribution is -0.115. The lowest BCUT2D eigenvalue weighted by atomic mass is 10.2. The number of benzene rings is 2. The highest BCUT2D eigenvalue weighted by Crippen LogP contribution is 2.27. The number of methoxy groups -OCH3 is 1. The molecule has 0 bridgehead atoms. The topological polar surface area (TPSA) is 51.2 Å². The van der Waals surface area contributed by atoms with E-state index in [1.54, 1.807) is 7.11 Å². The maximum Gasteiger partial charge on any atom is 0.230 e. The van der Waals surface area contributed by atoms with E-state index in [9.17, 15) is 4.79 Å². The Morgan fingerprint density at radius 1 is 1.20 bits per heavy atom. The molecule has 25 heavy (non-hydrogen) atoms. The molecule has 3 rings (SSSR count). The van der Waals surface area contributed by atoms with Gasteiger partial charge in [0.05, 0.1) is 24.9 Å². The van der Waals surface area contributed by atoms with E-state index in [0.717, 1.165) is 36.6 Å². The number of amides is 1. The van der Waals surface area contributed by atoms with Gasteiger partial charge in [0.2, 0.25) is 5.91 Å². The lowest BCUT2D eigenvalue weighted by Crippen LogP contribution is -2.14. The molecule has 2 aromatic carbocycles. The second-order valence-corrected chi connectivity index (χ2v) is 7.85. The van der Waals surface area contributed by atoms with Gasteiger partial charge in [-0.25, -0.2) is 4.98 Å². The molecule has 0 aliphatic carbocycles. The van der Waals surface area contributed by atoms with Crippen LogP contribution in [-0.4, -0.2) is 18.0 Å². The standard InChI is InChI=1S/C18H14Br2N2O2S/c1-24-14-5-2-11(3-6-14)18-21-13(10-25-18)9-17(23)22-16-7-4-12(19)8-15(16)20/h2-8,10H,9H2,1H3,(H,22,23). The number of carbonyl (C=O) groups is 1. The molecule has 1 aromatic heterocycles. The van der Waals surface area contributed by atoms with Gasteiger partial charge in [-0.1, -0.05) is 15.9 Å². The Morgan fingerprint density at radius 2 is 1.96 bits per heavy atom. The summed E-state index contributed by atoms with van der Waals surface area (Å²) in [6.07, 6.45) is 0.231. The monoisotopic (exact) mass is 480 g/mol. The van der Waals surface area contributed by atoms with Gasteiger partial charge in [0.25, 0.3) is 0 Å². The van der Waals surface area contributed by atoms with E-state index in [1.807, 2.05) is 47.8 Å². The van der Waals surface area contributed by atoms with Gasteiger partial charge in [-0.2, -0.15) is 0 Å². The first-order chi connectivity index (χ1) is 12.0. The number of nitrogens with one attached hydrogen (secondary N) is 1. The van der Waals surface area contributed by atoms with Crippen LogP contribution in [0.1, 0.15) is 5.69 Å². The number of aromatic nitrogens is 1. The fourth-order valence-corrected chi connectivity index (χ4v) is 4.18. The quantitative estimate of drug-likeness (QED) is 0.521. The van der Waals surface area contributed by atoms with Crippen LogP contribution >= 0.6 is 43.2 Å². The number of hydrogen-bond acceptors (Lipinski definition) is 4. The molecule has 0 atom stereocenters. The maximum atomic E-state index is 12.3. The second kappa shape index (κ2) is 8.12. The Kier molecular flexibility index (Phi) is 5.88. The highest BCUT2D eigenvalue weighted by Gasteiger charge is 2.11. The van der Waals surface area contributed by atoms with Crippen LogP contribution in [-0.2, 0) is 11.2 Å². The number of carbonyl (C=O) groups excluding carboxylic acids is 1. The first-order valence-electron chi connectivity index (χ1n) is 7.39. The van der Waals surface area contributed by atoms with Crippen molar-refractivity contribution in [2.24, 2.45) is 0 Å². The average molecular weight is 482 g/mol. The Bertz CT molecular complexity index is 894. The zero-order valence-electron chi connectivity index (χ0n) is 13.3. The highest BCUT2D eigenvalue weighted by atomic mass is 79.9. The van der Waals surface area contributed by atoms with Crippen molar-refractivity contribution in [3.8, 4) is 16.3 Å². The molecule has 1 N–H and O–H groups in total. The normalized spacial score (nSPS) is 10.5. The van der Waals surface area contributed by atoms with E-state index in [-0.39, 0.29) is 12.3 Å². The van der Waals surface area contributed by atoms with Gasteiger partial charge < -0.3 is 10.1 Å². The molecular weight excluding hydrogens is 468 g/mol. The Hall–Kier alpha value is -1.70. The van der Waals surface area contributed by atoms with Crippen molar-refractivity contribution in [1.82, 2.24) is 4.98 Å². The number of hydrogen-bond donors (Lipinski definition) is 1. The van der Waals surface area contributed by atoms with E-state index in [2.05, 4.69) is 42.2 Å². The molecule has 0 saturated carbocycles. The van der Waals surface area contributed by atoms with E-state index in [1.165, 1.54) is 11.3 Å². The van der Waals surface area contributed by atoms with Crippen molar-refractivity contribution in [3.05, 3.63) is 62.5 Å². The van der Waals surface area contributed by atoms with Gasteiger partial charge in [0, 0.05) is 19.9 Å². The third-order valence-corrected chi connectivity index (χ3v) is 5.53. The maximum absolute atomic E-state index is 12.3. The number of halogens is 2. The Morgan fingerprint density at radius 3 is 2.64 bits per heavy atom. The van der Waals surface area contributed by atoms with Gasteiger partial charge in [-0.3, -0.25) is 4.79 Å². The average Bonchev–Trinajstić information content (AvgIpc) is 3.06. The second-order valence-electron chi connectivity index (χ2n) is 5.22. The van der Waals surface area contributed by atoms with E-state index >= 15 is 0 Å². The van der Waals surface area contributed by atoms with Crippen molar-refractivity contribution >= 4 is 54.8 Å². The summed E-state index contributed by atoms with van der Waals surface area (Å²) in [6.45, 7) is 0. The third-order valence-electron chi connectivity index (χ3n) is 3.44. The van der Waals surface area contributed by atoms with Crippen LogP contribution in [0.15, 0.2) is 56.8 Å². The first-order valence-corrected chi connectivity index (χ1v) is 9.85.